The first-order valence-electron chi connectivity index (χ1n) is 7.23. The highest BCUT2D eigenvalue weighted by atomic mass is 32.2. The van der Waals surface area contributed by atoms with E-state index in [9.17, 15) is 8.42 Å². The minimum Gasteiger partial charge on any atom is -0.310 e. The van der Waals surface area contributed by atoms with Crippen molar-refractivity contribution in [3.63, 3.8) is 0 Å². The van der Waals surface area contributed by atoms with Gasteiger partial charge in [-0.3, -0.25) is 0 Å². The summed E-state index contributed by atoms with van der Waals surface area (Å²) in [7, 11) is -3.43. The molecule has 4 nitrogen and oxygen atoms in total. The highest BCUT2D eigenvalue weighted by Crippen LogP contribution is 2.20. The van der Waals surface area contributed by atoms with Crippen molar-refractivity contribution in [1.82, 2.24) is 10.0 Å². The van der Waals surface area contributed by atoms with E-state index in [1.165, 1.54) is 12.8 Å². The standard InChI is InChI=1S/C15H24N2O2S/c1-11(2)12(3)17-20(18,19)15-6-4-5-13(9-15)10-16-14-7-8-14/h4-6,9,11-12,14,16-17H,7-8,10H2,1-3H3. The lowest BCUT2D eigenvalue weighted by atomic mass is 10.1. The summed E-state index contributed by atoms with van der Waals surface area (Å²) in [6.07, 6.45) is 2.46. The van der Waals surface area contributed by atoms with Gasteiger partial charge in [-0.15, -0.1) is 0 Å². The molecule has 1 fully saturated rings. The number of rotatable bonds is 7. The molecule has 1 saturated carbocycles. The van der Waals surface area contributed by atoms with Gasteiger partial charge in [0.1, 0.15) is 0 Å². The Kier molecular flexibility index (Phi) is 4.83. The molecule has 0 radical (unpaired) electrons. The summed E-state index contributed by atoms with van der Waals surface area (Å²) in [5.74, 6) is 0.268. The van der Waals surface area contributed by atoms with E-state index >= 15 is 0 Å². The minimum absolute atomic E-state index is 0.0757. The molecule has 0 bridgehead atoms. The van der Waals surface area contributed by atoms with E-state index in [4.69, 9.17) is 0 Å². The molecule has 1 unspecified atom stereocenters. The van der Waals surface area contributed by atoms with Crippen LogP contribution in [0.25, 0.3) is 0 Å². The lowest BCUT2D eigenvalue weighted by molar-refractivity contribution is 0.476. The first-order chi connectivity index (χ1) is 9.38. The molecular weight excluding hydrogens is 272 g/mol. The normalized spacial score (nSPS) is 17.4. The molecule has 20 heavy (non-hydrogen) atoms. The van der Waals surface area contributed by atoms with E-state index in [1.54, 1.807) is 18.2 Å². The van der Waals surface area contributed by atoms with Crippen molar-refractivity contribution < 1.29 is 8.42 Å². The van der Waals surface area contributed by atoms with Gasteiger partial charge >= 0.3 is 0 Å². The van der Waals surface area contributed by atoms with Crippen LogP contribution in [-0.4, -0.2) is 20.5 Å². The maximum absolute atomic E-state index is 12.3. The molecule has 1 aromatic carbocycles. The second-order valence-electron chi connectivity index (χ2n) is 5.96. The van der Waals surface area contributed by atoms with Crippen LogP contribution in [0, 0.1) is 5.92 Å². The lowest BCUT2D eigenvalue weighted by Gasteiger charge is -2.17. The van der Waals surface area contributed by atoms with Crippen LogP contribution in [0.15, 0.2) is 29.2 Å². The summed E-state index contributed by atoms with van der Waals surface area (Å²) in [6.45, 7) is 6.63. The van der Waals surface area contributed by atoms with E-state index in [1.807, 2.05) is 26.8 Å². The number of sulfonamides is 1. The summed E-state index contributed by atoms with van der Waals surface area (Å²) >= 11 is 0. The van der Waals surface area contributed by atoms with Crippen LogP contribution < -0.4 is 10.0 Å². The fraction of sp³-hybridized carbons (Fsp3) is 0.600. The first-order valence-corrected chi connectivity index (χ1v) is 8.71. The van der Waals surface area contributed by atoms with E-state index in [-0.39, 0.29) is 12.0 Å². The second-order valence-corrected chi connectivity index (χ2v) is 7.67. The van der Waals surface area contributed by atoms with Crippen molar-refractivity contribution in [2.24, 2.45) is 5.92 Å². The summed E-state index contributed by atoms with van der Waals surface area (Å²) in [4.78, 5) is 0.347. The van der Waals surface area contributed by atoms with Crippen molar-refractivity contribution in [1.29, 1.82) is 0 Å². The molecule has 0 amide bonds. The van der Waals surface area contributed by atoms with Crippen molar-refractivity contribution in [3.05, 3.63) is 29.8 Å². The van der Waals surface area contributed by atoms with Gasteiger partial charge in [-0.25, -0.2) is 13.1 Å². The fourth-order valence-electron chi connectivity index (χ4n) is 1.82. The first kappa shape index (κ1) is 15.5. The maximum atomic E-state index is 12.3. The summed E-state index contributed by atoms with van der Waals surface area (Å²) in [5, 5.41) is 3.40. The van der Waals surface area contributed by atoms with Gasteiger partial charge < -0.3 is 5.32 Å². The predicted molar refractivity (Wildman–Crippen MR) is 80.9 cm³/mol. The van der Waals surface area contributed by atoms with Gasteiger partial charge in [-0.2, -0.15) is 0 Å². The third kappa shape index (κ3) is 4.30. The highest BCUT2D eigenvalue weighted by molar-refractivity contribution is 7.89. The number of hydrogen-bond donors (Lipinski definition) is 2. The van der Waals surface area contributed by atoms with Crippen LogP contribution >= 0.6 is 0 Å². The average molecular weight is 296 g/mol. The zero-order chi connectivity index (χ0) is 14.8. The SMILES string of the molecule is CC(C)C(C)NS(=O)(=O)c1cccc(CNC2CC2)c1. The van der Waals surface area contributed by atoms with E-state index in [0.29, 0.717) is 10.9 Å². The van der Waals surface area contributed by atoms with E-state index in [2.05, 4.69) is 10.0 Å². The second kappa shape index (κ2) is 6.24. The molecule has 0 saturated heterocycles. The van der Waals surface area contributed by atoms with Gasteiger partial charge in [0, 0.05) is 18.6 Å². The summed E-state index contributed by atoms with van der Waals surface area (Å²) in [6, 6.07) is 7.71. The van der Waals surface area contributed by atoms with Crippen LogP contribution in [0.2, 0.25) is 0 Å². The Hall–Kier alpha value is -0.910. The van der Waals surface area contributed by atoms with Gasteiger partial charge in [0.05, 0.1) is 4.90 Å². The van der Waals surface area contributed by atoms with E-state index in [0.717, 1.165) is 12.1 Å². The Morgan fingerprint density at radius 3 is 2.55 bits per heavy atom. The average Bonchev–Trinajstić information content (AvgIpc) is 3.20. The minimum atomic E-state index is -3.43. The van der Waals surface area contributed by atoms with E-state index < -0.39 is 10.0 Å². The molecule has 0 spiro atoms. The Balaban J connectivity index is 2.07. The molecule has 1 aliphatic rings. The molecule has 0 aliphatic heterocycles. The Morgan fingerprint density at radius 1 is 1.25 bits per heavy atom. The number of benzene rings is 1. The van der Waals surface area contributed by atoms with Crippen molar-refractivity contribution >= 4 is 10.0 Å². The topological polar surface area (TPSA) is 58.2 Å². The summed E-state index contributed by atoms with van der Waals surface area (Å²) < 4.78 is 27.4. The number of nitrogens with one attached hydrogen (secondary N) is 2. The van der Waals surface area contributed by atoms with Gasteiger partial charge in [-0.1, -0.05) is 26.0 Å². The Labute approximate surface area is 122 Å². The van der Waals surface area contributed by atoms with Crippen molar-refractivity contribution in [3.8, 4) is 0 Å². The van der Waals surface area contributed by atoms with Gasteiger partial charge in [0.25, 0.3) is 0 Å². The molecule has 2 N–H and O–H groups in total. The molecule has 0 aromatic heterocycles. The predicted octanol–water partition coefficient (Wildman–Crippen LogP) is 2.26. The zero-order valence-corrected chi connectivity index (χ0v) is 13.2. The van der Waals surface area contributed by atoms with Crippen LogP contribution in [0.3, 0.4) is 0 Å². The Bertz CT molecular complexity index is 551. The van der Waals surface area contributed by atoms with Crippen LogP contribution in [0.5, 0.6) is 0 Å². The molecule has 1 aromatic rings. The fourth-order valence-corrected chi connectivity index (χ4v) is 3.28. The maximum Gasteiger partial charge on any atom is 0.240 e. The van der Waals surface area contributed by atoms with Gasteiger partial charge in [0.2, 0.25) is 10.0 Å². The van der Waals surface area contributed by atoms with Crippen LogP contribution in [0.4, 0.5) is 0 Å². The molecule has 112 valence electrons. The van der Waals surface area contributed by atoms with Gasteiger partial charge in [0.15, 0.2) is 0 Å². The van der Waals surface area contributed by atoms with Crippen LogP contribution in [-0.2, 0) is 16.6 Å². The van der Waals surface area contributed by atoms with Crippen LogP contribution in [0.1, 0.15) is 39.2 Å². The molecule has 5 heteroatoms. The quantitative estimate of drug-likeness (QED) is 0.811. The third-order valence-electron chi connectivity index (χ3n) is 3.72. The van der Waals surface area contributed by atoms with Crippen molar-refractivity contribution in [2.75, 3.05) is 0 Å². The summed E-state index contributed by atoms with van der Waals surface area (Å²) in [5.41, 5.74) is 1.01. The molecule has 2 rings (SSSR count). The monoisotopic (exact) mass is 296 g/mol. The molecular formula is C15H24N2O2S. The van der Waals surface area contributed by atoms with Crippen molar-refractivity contribution in [2.45, 2.75) is 57.1 Å². The third-order valence-corrected chi connectivity index (χ3v) is 5.28. The smallest absolute Gasteiger partial charge is 0.240 e. The Morgan fingerprint density at radius 2 is 1.95 bits per heavy atom. The highest BCUT2D eigenvalue weighted by Gasteiger charge is 2.21. The lowest BCUT2D eigenvalue weighted by Crippen LogP contribution is -2.36. The molecule has 1 atom stereocenters. The zero-order valence-electron chi connectivity index (χ0n) is 12.4. The molecule has 1 aliphatic carbocycles. The molecule has 0 heterocycles. The largest absolute Gasteiger partial charge is 0.310 e. The van der Waals surface area contributed by atoms with Gasteiger partial charge in [-0.05, 0) is 43.4 Å². The number of hydrogen-bond acceptors (Lipinski definition) is 3.